The van der Waals surface area contributed by atoms with Gasteiger partial charge < -0.3 is 15.4 Å². The van der Waals surface area contributed by atoms with E-state index in [9.17, 15) is 4.79 Å². The third-order valence-corrected chi connectivity index (χ3v) is 3.59. The maximum Gasteiger partial charge on any atom is 0.254 e. The van der Waals surface area contributed by atoms with Crippen LogP contribution in [0.25, 0.3) is 0 Å². The van der Waals surface area contributed by atoms with Gasteiger partial charge in [-0.2, -0.15) is 0 Å². The van der Waals surface area contributed by atoms with Gasteiger partial charge in [0.05, 0.1) is 6.61 Å². The average molecular weight is 246 g/mol. The van der Waals surface area contributed by atoms with E-state index in [-0.39, 0.29) is 12.0 Å². The monoisotopic (exact) mass is 246 g/mol. The summed E-state index contributed by atoms with van der Waals surface area (Å²) in [6.07, 6.45) is 3.15. The number of rotatable bonds is 2. The lowest BCUT2D eigenvalue weighted by Crippen LogP contribution is -2.45. The highest BCUT2D eigenvalue weighted by molar-refractivity contribution is 5.94. The van der Waals surface area contributed by atoms with Crippen LogP contribution in [0.2, 0.25) is 0 Å². The molecule has 1 fully saturated rings. The van der Waals surface area contributed by atoms with Crippen molar-refractivity contribution in [3.8, 4) is 0 Å². The Morgan fingerprint density at radius 2 is 2.22 bits per heavy atom. The van der Waals surface area contributed by atoms with E-state index in [0.717, 1.165) is 18.7 Å². The lowest BCUT2D eigenvalue weighted by molar-refractivity contribution is -0.128. The van der Waals surface area contributed by atoms with Gasteiger partial charge in [-0.05, 0) is 42.5 Å². The molecule has 96 valence electrons. The number of hydrogen-bond acceptors (Lipinski definition) is 3. The summed E-state index contributed by atoms with van der Waals surface area (Å²) in [4.78, 5) is 12.0. The van der Waals surface area contributed by atoms with Crippen LogP contribution in [-0.4, -0.2) is 31.7 Å². The minimum Gasteiger partial charge on any atom is -0.366 e. The molecule has 1 amide bonds. The second-order valence-electron chi connectivity index (χ2n) is 4.89. The number of hydrogen-bond donors (Lipinski definition) is 2. The van der Waals surface area contributed by atoms with E-state index in [1.54, 1.807) is 0 Å². The maximum absolute atomic E-state index is 12.0. The highest BCUT2D eigenvalue weighted by atomic mass is 16.5. The summed E-state index contributed by atoms with van der Waals surface area (Å²) in [5.74, 6) is -0.0554. The molecule has 3 rings (SSSR count). The van der Waals surface area contributed by atoms with Gasteiger partial charge in [-0.3, -0.25) is 4.79 Å². The molecule has 0 spiro atoms. The minimum absolute atomic E-state index is 0.0554. The third kappa shape index (κ3) is 2.40. The molecule has 1 aromatic carbocycles. The molecule has 0 radical (unpaired) electrons. The fraction of sp³-hybridized carbons (Fsp3) is 0.500. The number of carbonyl (C=O) groups is 1. The highest BCUT2D eigenvalue weighted by Crippen LogP contribution is 2.25. The Morgan fingerprint density at radius 3 is 3.06 bits per heavy atom. The molecule has 1 heterocycles. The fourth-order valence-electron chi connectivity index (χ4n) is 2.61. The normalized spacial score (nSPS) is 22.6. The van der Waals surface area contributed by atoms with Crippen molar-refractivity contribution < 1.29 is 9.53 Å². The van der Waals surface area contributed by atoms with Crippen LogP contribution in [0.5, 0.6) is 0 Å². The van der Waals surface area contributed by atoms with Gasteiger partial charge in [0.2, 0.25) is 0 Å². The van der Waals surface area contributed by atoms with Gasteiger partial charge in [0.25, 0.3) is 5.91 Å². The van der Waals surface area contributed by atoms with Crippen LogP contribution in [0.4, 0.5) is 5.69 Å². The summed E-state index contributed by atoms with van der Waals surface area (Å²) in [6.45, 7) is 2.02. The van der Waals surface area contributed by atoms with E-state index in [2.05, 4.69) is 22.8 Å². The van der Waals surface area contributed by atoms with Crippen molar-refractivity contribution in [2.24, 2.45) is 0 Å². The van der Waals surface area contributed by atoms with Gasteiger partial charge in [-0.1, -0.05) is 6.07 Å². The van der Waals surface area contributed by atoms with Gasteiger partial charge in [-0.25, -0.2) is 0 Å². The summed E-state index contributed by atoms with van der Waals surface area (Å²) in [6, 6.07) is 6.20. The number of nitrogens with one attached hydrogen (secondary N) is 2. The van der Waals surface area contributed by atoms with E-state index in [4.69, 9.17) is 4.74 Å². The van der Waals surface area contributed by atoms with Gasteiger partial charge in [0.15, 0.2) is 0 Å². The van der Waals surface area contributed by atoms with Gasteiger partial charge in [0.1, 0.15) is 6.10 Å². The second-order valence-corrected chi connectivity index (χ2v) is 4.89. The van der Waals surface area contributed by atoms with E-state index >= 15 is 0 Å². The predicted octanol–water partition coefficient (Wildman–Crippen LogP) is 1.10. The number of aryl methyl sites for hydroxylation is 2. The van der Waals surface area contributed by atoms with E-state index in [0.29, 0.717) is 13.2 Å². The molecule has 0 saturated carbocycles. The van der Waals surface area contributed by atoms with Crippen LogP contribution in [0, 0.1) is 0 Å². The smallest absolute Gasteiger partial charge is 0.254 e. The Hall–Kier alpha value is -1.39. The van der Waals surface area contributed by atoms with Crippen LogP contribution in [-0.2, 0) is 22.4 Å². The van der Waals surface area contributed by atoms with Gasteiger partial charge >= 0.3 is 0 Å². The van der Waals surface area contributed by atoms with Crippen molar-refractivity contribution in [3.05, 3.63) is 29.3 Å². The van der Waals surface area contributed by atoms with Crippen LogP contribution < -0.4 is 10.6 Å². The minimum atomic E-state index is -0.369. The summed E-state index contributed by atoms with van der Waals surface area (Å²) in [5, 5.41) is 6.09. The molecule has 4 heteroatoms. The summed E-state index contributed by atoms with van der Waals surface area (Å²) in [7, 11) is 0. The number of benzene rings is 1. The Bertz CT molecular complexity index is 453. The molecule has 1 aromatic rings. The van der Waals surface area contributed by atoms with Crippen LogP contribution in [0.15, 0.2) is 18.2 Å². The molecule has 0 aromatic heterocycles. The molecule has 1 aliphatic heterocycles. The van der Waals surface area contributed by atoms with E-state index < -0.39 is 0 Å². The lowest BCUT2D eigenvalue weighted by Gasteiger charge is -2.22. The number of carbonyl (C=O) groups excluding carboxylic acids is 1. The average Bonchev–Trinajstić information content (AvgIpc) is 2.87. The first-order valence-electron chi connectivity index (χ1n) is 6.58. The standard InChI is InChI=1S/C14H18N2O2/c17-14(13-9-15-6-7-18-13)16-12-5-4-10-2-1-3-11(10)8-12/h4-5,8,13,15H,1-3,6-7,9H2,(H,16,17). The van der Waals surface area contributed by atoms with Gasteiger partial charge in [0, 0.05) is 18.8 Å². The molecule has 4 nitrogen and oxygen atoms in total. The van der Waals surface area contributed by atoms with E-state index in [1.807, 2.05) is 6.07 Å². The fourth-order valence-corrected chi connectivity index (χ4v) is 2.61. The molecular formula is C14H18N2O2. The second kappa shape index (κ2) is 5.08. The van der Waals surface area contributed by atoms with E-state index in [1.165, 1.54) is 24.0 Å². The van der Waals surface area contributed by atoms with Crippen LogP contribution in [0.1, 0.15) is 17.5 Å². The maximum atomic E-state index is 12.0. The first-order chi connectivity index (χ1) is 8.83. The number of anilines is 1. The Labute approximate surface area is 107 Å². The summed E-state index contributed by atoms with van der Waals surface area (Å²) < 4.78 is 5.43. The zero-order valence-corrected chi connectivity index (χ0v) is 10.4. The Morgan fingerprint density at radius 1 is 1.33 bits per heavy atom. The number of amides is 1. The predicted molar refractivity (Wildman–Crippen MR) is 69.7 cm³/mol. The molecule has 2 N–H and O–H groups in total. The van der Waals surface area contributed by atoms with Crippen LogP contribution >= 0.6 is 0 Å². The summed E-state index contributed by atoms with van der Waals surface area (Å²) in [5.41, 5.74) is 3.67. The van der Waals surface area contributed by atoms with Crippen molar-refractivity contribution in [1.29, 1.82) is 0 Å². The largest absolute Gasteiger partial charge is 0.366 e. The molecule has 1 unspecified atom stereocenters. The number of ether oxygens (including phenoxy) is 1. The third-order valence-electron chi connectivity index (χ3n) is 3.59. The SMILES string of the molecule is O=C(Nc1ccc2c(c1)CCC2)C1CNCCO1. The lowest BCUT2D eigenvalue weighted by atomic mass is 10.1. The first-order valence-corrected chi connectivity index (χ1v) is 6.58. The molecule has 1 aliphatic carbocycles. The van der Waals surface area contributed by atoms with Crippen molar-refractivity contribution in [1.82, 2.24) is 5.32 Å². The molecule has 1 saturated heterocycles. The van der Waals surface area contributed by atoms with Crippen LogP contribution in [0.3, 0.4) is 0 Å². The number of fused-ring (bicyclic) bond motifs is 1. The topological polar surface area (TPSA) is 50.4 Å². The molecule has 18 heavy (non-hydrogen) atoms. The Balaban J connectivity index is 1.66. The van der Waals surface area contributed by atoms with Crippen molar-refractivity contribution in [2.45, 2.75) is 25.4 Å². The molecule has 0 bridgehead atoms. The van der Waals surface area contributed by atoms with Gasteiger partial charge in [-0.15, -0.1) is 0 Å². The molecule has 1 atom stereocenters. The quantitative estimate of drug-likeness (QED) is 0.821. The van der Waals surface area contributed by atoms with Crippen molar-refractivity contribution >= 4 is 11.6 Å². The molecule has 2 aliphatic rings. The summed E-state index contributed by atoms with van der Waals surface area (Å²) >= 11 is 0. The highest BCUT2D eigenvalue weighted by Gasteiger charge is 2.22. The number of morpholine rings is 1. The first kappa shape index (κ1) is 11.7. The molecular weight excluding hydrogens is 228 g/mol. The Kier molecular flexibility index (Phi) is 3.30. The van der Waals surface area contributed by atoms with Crippen molar-refractivity contribution in [3.63, 3.8) is 0 Å². The van der Waals surface area contributed by atoms with Crippen molar-refractivity contribution in [2.75, 3.05) is 25.0 Å². The zero-order chi connectivity index (χ0) is 12.4. The zero-order valence-electron chi connectivity index (χ0n) is 10.4.